The minimum absolute atomic E-state index is 0.526. The van der Waals surface area contributed by atoms with Crippen LogP contribution in [0.4, 0.5) is 0 Å². The lowest BCUT2D eigenvalue weighted by Gasteiger charge is -2.14. The number of hydrazine groups is 1. The van der Waals surface area contributed by atoms with Crippen LogP contribution in [0.15, 0.2) is 29.5 Å². The zero-order valence-corrected chi connectivity index (χ0v) is 10.6. The normalized spacial score (nSPS) is 16.8. The Morgan fingerprint density at radius 1 is 1.44 bits per heavy atom. The molecule has 2 rings (SSSR count). The van der Waals surface area contributed by atoms with Crippen LogP contribution in [0.1, 0.15) is 31.2 Å². The van der Waals surface area contributed by atoms with E-state index in [2.05, 4.69) is 26.8 Å². The van der Waals surface area contributed by atoms with Crippen molar-refractivity contribution in [1.29, 1.82) is 0 Å². The zero-order chi connectivity index (χ0) is 12.6. The predicted octanol–water partition coefficient (Wildman–Crippen LogP) is 0.976. The first-order valence-corrected chi connectivity index (χ1v) is 6.55. The second kappa shape index (κ2) is 6.96. The van der Waals surface area contributed by atoms with E-state index in [1.807, 2.05) is 12.3 Å². The van der Waals surface area contributed by atoms with Crippen molar-refractivity contribution in [2.75, 3.05) is 6.54 Å². The first-order chi connectivity index (χ1) is 8.88. The summed E-state index contributed by atoms with van der Waals surface area (Å²) >= 11 is 0. The van der Waals surface area contributed by atoms with Crippen molar-refractivity contribution in [2.45, 2.75) is 38.1 Å². The number of hydrogen-bond donors (Lipinski definition) is 3. The van der Waals surface area contributed by atoms with Crippen LogP contribution < -0.4 is 16.6 Å². The van der Waals surface area contributed by atoms with Crippen LogP contribution in [-0.4, -0.2) is 23.5 Å². The highest BCUT2D eigenvalue weighted by Gasteiger charge is 2.15. The van der Waals surface area contributed by atoms with E-state index in [4.69, 9.17) is 5.84 Å². The third-order valence-corrected chi connectivity index (χ3v) is 3.23. The van der Waals surface area contributed by atoms with Gasteiger partial charge in [-0.05, 0) is 30.9 Å². The fourth-order valence-corrected chi connectivity index (χ4v) is 2.24. The first-order valence-electron chi connectivity index (χ1n) is 6.55. The largest absolute Gasteiger partial charge is 0.353 e. The topological polar surface area (TPSA) is 75.3 Å². The van der Waals surface area contributed by atoms with Gasteiger partial charge in [0.25, 0.3) is 0 Å². The molecular formula is C13H21N5. The molecule has 18 heavy (non-hydrogen) atoms. The van der Waals surface area contributed by atoms with E-state index in [1.165, 1.54) is 31.2 Å². The molecule has 1 aliphatic rings. The molecule has 0 aromatic carbocycles. The van der Waals surface area contributed by atoms with Gasteiger partial charge < -0.3 is 5.32 Å². The number of guanidine groups is 1. The zero-order valence-electron chi connectivity index (χ0n) is 10.6. The summed E-state index contributed by atoms with van der Waals surface area (Å²) in [6, 6.07) is 4.53. The van der Waals surface area contributed by atoms with Gasteiger partial charge in [0.15, 0.2) is 0 Å². The van der Waals surface area contributed by atoms with E-state index in [0.717, 1.165) is 6.42 Å². The third-order valence-electron chi connectivity index (χ3n) is 3.23. The quantitative estimate of drug-likeness (QED) is 0.321. The van der Waals surface area contributed by atoms with Crippen molar-refractivity contribution >= 4 is 5.96 Å². The molecule has 0 bridgehead atoms. The molecule has 1 heterocycles. The molecule has 1 fully saturated rings. The van der Waals surface area contributed by atoms with Crippen LogP contribution in [-0.2, 0) is 6.42 Å². The minimum atomic E-state index is 0.526. The molecule has 0 amide bonds. The van der Waals surface area contributed by atoms with Crippen LogP contribution in [0.2, 0.25) is 0 Å². The van der Waals surface area contributed by atoms with Crippen LogP contribution in [0, 0.1) is 0 Å². The summed E-state index contributed by atoms with van der Waals surface area (Å²) < 4.78 is 0. The molecule has 0 radical (unpaired) electrons. The van der Waals surface area contributed by atoms with Gasteiger partial charge in [-0.15, -0.1) is 0 Å². The lowest BCUT2D eigenvalue weighted by molar-refractivity contribution is 0.614. The van der Waals surface area contributed by atoms with Crippen molar-refractivity contribution in [3.05, 3.63) is 30.1 Å². The van der Waals surface area contributed by atoms with Gasteiger partial charge in [0, 0.05) is 25.0 Å². The molecule has 0 aliphatic heterocycles. The lowest BCUT2D eigenvalue weighted by Crippen LogP contribution is -2.45. The Balaban J connectivity index is 1.78. The van der Waals surface area contributed by atoms with Crippen molar-refractivity contribution < 1.29 is 0 Å². The molecule has 1 saturated carbocycles. The highest BCUT2D eigenvalue weighted by Crippen LogP contribution is 2.17. The van der Waals surface area contributed by atoms with Crippen LogP contribution >= 0.6 is 0 Å². The number of aromatic nitrogens is 1. The smallest absolute Gasteiger partial charge is 0.205 e. The molecule has 4 N–H and O–H groups in total. The molecule has 5 nitrogen and oxygen atoms in total. The minimum Gasteiger partial charge on any atom is -0.353 e. The number of nitrogens with two attached hydrogens (primary N) is 1. The molecular weight excluding hydrogens is 226 g/mol. The van der Waals surface area contributed by atoms with Crippen LogP contribution in [0.3, 0.4) is 0 Å². The Labute approximate surface area is 108 Å². The van der Waals surface area contributed by atoms with Crippen molar-refractivity contribution in [3.63, 3.8) is 0 Å². The number of rotatable bonds is 4. The summed E-state index contributed by atoms with van der Waals surface area (Å²) in [6.07, 6.45) is 9.55. The third kappa shape index (κ3) is 4.00. The van der Waals surface area contributed by atoms with Crippen LogP contribution in [0.5, 0.6) is 0 Å². The summed E-state index contributed by atoms with van der Waals surface area (Å²) in [5.41, 5.74) is 3.83. The first kappa shape index (κ1) is 12.8. The van der Waals surface area contributed by atoms with Crippen molar-refractivity contribution in [3.8, 4) is 0 Å². The van der Waals surface area contributed by atoms with E-state index in [9.17, 15) is 0 Å². The van der Waals surface area contributed by atoms with Gasteiger partial charge in [-0.2, -0.15) is 0 Å². The average Bonchev–Trinajstić information content (AvgIpc) is 2.92. The summed E-state index contributed by atoms with van der Waals surface area (Å²) in [6.45, 7) is 0.713. The lowest BCUT2D eigenvalue weighted by atomic mass is 10.2. The number of hydrogen-bond acceptors (Lipinski definition) is 3. The second-order valence-electron chi connectivity index (χ2n) is 4.61. The Hall–Kier alpha value is -1.62. The Kier molecular flexibility index (Phi) is 4.96. The maximum absolute atomic E-state index is 5.47. The van der Waals surface area contributed by atoms with Gasteiger partial charge in [0.05, 0.1) is 0 Å². The van der Waals surface area contributed by atoms with Crippen LogP contribution in [0.25, 0.3) is 0 Å². The predicted molar refractivity (Wildman–Crippen MR) is 73.0 cm³/mol. The molecule has 1 aliphatic carbocycles. The number of pyridine rings is 1. The maximum atomic E-state index is 5.47. The molecule has 0 unspecified atom stereocenters. The average molecular weight is 247 g/mol. The fraction of sp³-hybridized carbons (Fsp3) is 0.538. The van der Waals surface area contributed by atoms with Crippen molar-refractivity contribution in [1.82, 2.24) is 15.7 Å². The number of nitrogens with one attached hydrogen (secondary N) is 2. The maximum Gasteiger partial charge on any atom is 0.205 e. The molecule has 5 heteroatoms. The summed E-state index contributed by atoms with van der Waals surface area (Å²) in [7, 11) is 0. The standard InChI is InChI=1S/C13H21N5/c14-18-13(17-12-5-1-2-6-12)16-9-7-11-4-3-8-15-10-11/h3-4,8,10,12H,1-2,5-7,9,14H2,(H2,16,17,18). The SMILES string of the molecule is NNC(=NCCc1cccnc1)NC1CCCC1. The fourth-order valence-electron chi connectivity index (χ4n) is 2.24. The molecule has 1 aromatic heterocycles. The highest BCUT2D eigenvalue weighted by molar-refractivity contribution is 5.79. The van der Waals surface area contributed by atoms with E-state index < -0.39 is 0 Å². The van der Waals surface area contributed by atoms with Gasteiger partial charge in [0.1, 0.15) is 0 Å². The molecule has 0 spiro atoms. The molecule has 98 valence electrons. The molecule has 0 saturated heterocycles. The van der Waals surface area contributed by atoms with Gasteiger partial charge in [0.2, 0.25) is 5.96 Å². The Morgan fingerprint density at radius 2 is 2.28 bits per heavy atom. The van der Waals surface area contributed by atoms with E-state index in [0.29, 0.717) is 18.5 Å². The summed E-state index contributed by atoms with van der Waals surface area (Å²) in [5, 5.41) is 3.35. The second-order valence-corrected chi connectivity index (χ2v) is 4.61. The highest BCUT2D eigenvalue weighted by atomic mass is 15.3. The van der Waals surface area contributed by atoms with Gasteiger partial charge in [-0.1, -0.05) is 18.9 Å². The van der Waals surface area contributed by atoms with Gasteiger partial charge >= 0.3 is 0 Å². The Morgan fingerprint density at radius 3 is 2.94 bits per heavy atom. The monoisotopic (exact) mass is 247 g/mol. The van der Waals surface area contributed by atoms with Gasteiger partial charge in [-0.3, -0.25) is 15.4 Å². The van der Waals surface area contributed by atoms with E-state index in [1.54, 1.807) is 6.20 Å². The number of aliphatic imine (C=N–C) groups is 1. The van der Waals surface area contributed by atoms with Gasteiger partial charge in [-0.25, -0.2) is 5.84 Å². The summed E-state index contributed by atoms with van der Waals surface area (Å²) in [4.78, 5) is 8.52. The Bertz CT molecular complexity index is 370. The summed E-state index contributed by atoms with van der Waals surface area (Å²) in [5.74, 6) is 6.17. The number of nitrogens with zero attached hydrogens (tertiary/aromatic N) is 2. The molecule has 0 atom stereocenters. The van der Waals surface area contributed by atoms with E-state index >= 15 is 0 Å². The van der Waals surface area contributed by atoms with Crippen molar-refractivity contribution in [2.24, 2.45) is 10.8 Å². The van der Waals surface area contributed by atoms with E-state index in [-0.39, 0.29) is 0 Å². The molecule has 1 aromatic rings.